The second-order valence-electron chi connectivity index (χ2n) is 3.37. The van der Waals surface area contributed by atoms with Gasteiger partial charge in [0.1, 0.15) is 5.82 Å². The lowest BCUT2D eigenvalue weighted by Crippen LogP contribution is -2.27. The van der Waals surface area contributed by atoms with E-state index in [1.165, 1.54) is 6.20 Å². The zero-order valence-electron chi connectivity index (χ0n) is 9.40. The molecule has 0 bridgehead atoms. The predicted octanol–water partition coefficient (Wildman–Crippen LogP) is -0.144. The highest BCUT2D eigenvalue weighted by molar-refractivity contribution is 5.93. The van der Waals surface area contributed by atoms with Crippen LogP contribution in [-0.2, 0) is 0 Å². The molecule has 0 saturated carbocycles. The van der Waals surface area contributed by atoms with Gasteiger partial charge >= 0.3 is 0 Å². The van der Waals surface area contributed by atoms with Gasteiger partial charge in [0, 0.05) is 26.3 Å². The minimum absolute atomic E-state index is 0.327. The zero-order valence-corrected chi connectivity index (χ0v) is 9.40. The molecule has 1 aromatic heterocycles. The Morgan fingerprint density at radius 1 is 1.56 bits per heavy atom. The first-order valence-corrected chi connectivity index (χ1v) is 4.95. The largest absolute Gasteiger partial charge is 0.358 e. The number of likely N-dealkylation sites (N-methyl/N-ethyl adjacent to an activating group) is 2. The minimum Gasteiger partial charge on any atom is -0.358 e. The SMILES string of the molecule is CNCCN(C)c1ccc(C(=O)NO)cn1. The molecule has 88 valence electrons. The number of anilines is 1. The predicted molar refractivity (Wildman–Crippen MR) is 60.7 cm³/mol. The number of amides is 1. The number of hydrogen-bond donors (Lipinski definition) is 3. The van der Waals surface area contributed by atoms with Crippen LogP contribution in [0, 0.1) is 0 Å². The minimum atomic E-state index is -0.558. The summed E-state index contributed by atoms with van der Waals surface area (Å²) in [6.45, 7) is 1.69. The number of pyridine rings is 1. The van der Waals surface area contributed by atoms with Gasteiger partial charge in [0.15, 0.2) is 0 Å². The molecule has 0 atom stereocenters. The summed E-state index contributed by atoms with van der Waals surface area (Å²) in [5.41, 5.74) is 1.89. The summed E-state index contributed by atoms with van der Waals surface area (Å²) in [6.07, 6.45) is 1.43. The summed E-state index contributed by atoms with van der Waals surface area (Å²) in [7, 11) is 3.81. The van der Waals surface area contributed by atoms with Crippen molar-refractivity contribution in [1.82, 2.24) is 15.8 Å². The normalized spacial score (nSPS) is 9.94. The lowest BCUT2D eigenvalue weighted by atomic mass is 10.2. The number of carbonyl (C=O) groups is 1. The van der Waals surface area contributed by atoms with Crippen LogP contribution >= 0.6 is 0 Å². The summed E-state index contributed by atoms with van der Waals surface area (Å²) in [6, 6.07) is 3.35. The fourth-order valence-electron chi connectivity index (χ4n) is 1.20. The number of hydroxylamine groups is 1. The van der Waals surface area contributed by atoms with Gasteiger partial charge in [-0.25, -0.2) is 10.5 Å². The van der Waals surface area contributed by atoms with Gasteiger partial charge in [0.05, 0.1) is 5.56 Å². The molecule has 0 unspecified atom stereocenters. The topological polar surface area (TPSA) is 77.5 Å². The van der Waals surface area contributed by atoms with Gasteiger partial charge in [-0.2, -0.15) is 0 Å². The van der Waals surface area contributed by atoms with Gasteiger partial charge in [-0.1, -0.05) is 0 Å². The highest BCUT2D eigenvalue weighted by Gasteiger charge is 2.06. The quantitative estimate of drug-likeness (QED) is 0.479. The molecule has 0 spiro atoms. The van der Waals surface area contributed by atoms with Crippen molar-refractivity contribution in [3.05, 3.63) is 23.9 Å². The third-order valence-electron chi connectivity index (χ3n) is 2.20. The monoisotopic (exact) mass is 224 g/mol. The Kier molecular flexibility index (Phi) is 4.68. The van der Waals surface area contributed by atoms with Crippen molar-refractivity contribution >= 4 is 11.7 Å². The van der Waals surface area contributed by atoms with E-state index in [0.29, 0.717) is 5.56 Å². The van der Waals surface area contributed by atoms with E-state index in [-0.39, 0.29) is 0 Å². The first-order chi connectivity index (χ1) is 7.69. The van der Waals surface area contributed by atoms with Crippen LogP contribution in [0.4, 0.5) is 5.82 Å². The molecule has 0 radical (unpaired) electrons. The molecule has 0 aliphatic carbocycles. The Balaban J connectivity index is 2.67. The van der Waals surface area contributed by atoms with Crippen LogP contribution in [0.5, 0.6) is 0 Å². The maximum atomic E-state index is 11.0. The Morgan fingerprint density at radius 3 is 2.81 bits per heavy atom. The van der Waals surface area contributed by atoms with Crippen molar-refractivity contribution < 1.29 is 10.0 Å². The van der Waals surface area contributed by atoms with Crippen molar-refractivity contribution in [2.45, 2.75) is 0 Å². The van der Waals surface area contributed by atoms with E-state index in [9.17, 15) is 4.79 Å². The number of nitrogens with zero attached hydrogens (tertiary/aromatic N) is 2. The van der Waals surface area contributed by atoms with E-state index in [4.69, 9.17) is 5.21 Å². The van der Waals surface area contributed by atoms with Gasteiger partial charge in [-0.3, -0.25) is 10.0 Å². The highest BCUT2D eigenvalue weighted by Crippen LogP contribution is 2.08. The standard InChI is InChI=1S/C10H16N4O2/c1-11-5-6-14(2)9-4-3-8(7-12-9)10(15)13-16/h3-4,7,11,16H,5-6H2,1-2H3,(H,13,15). The molecular formula is C10H16N4O2. The summed E-state index contributed by atoms with van der Waals surface area (Å²) >= 11 is 0. The molecule has 1 aromatic rings. The maximum absolute atomic E-state index is 11.0. The fourth-order valence-corrected chi connectivity index (χ4v) is 1.20. The number of hydrogen-bond acceptors (Lipinski definition) is 5. The van der Waals surface area contributed by atoms with E-state index >= 15 is 0 Å². The molecule has 0 aromatic carbocycles. The third-order valence-corrected chi connectivity index (χ3v) is 2.20. The van der Waals surface area contributed by atoms with Gasteiger partial charge in [-0.15, -0.1) is 0 Å². The molecular weight excluding hydrogens is 208 g/mol. The molecule has 0 saturated heterocycles. The maximum Gasteiger partial charge on any atom is 0.276 e. The van der Waals surface area contributed by atoms with Crippen molar-refractivity contribution in [3.8, 4) is 0 Å². The molecule has 16 heavy (non-hydrogen) atoms. The number of carbonyl (C=O) groups excluding carboxylic acids is 1. The van der Waals surface area contributed by atoms with Crippen LogP contribution in [0.15, 0.2) is 18.3 Å². The first-order valence-electron chi connectivity index (χ1n) is 4.95. The average molecular weight is 224 g/mol. The summed E-state index contributed by atoms with van der Waals surface area (Å²) < 4.78 is 0. The van der Waals surface area contributed by atoms with E-state index in [1.807, 2.05) is 19.0 Å². The van der Waals surface area contributed by atoms with Crippen molar-refractivity contribution in [3.63, 3.8) is 0 Å². The molecule has 3 N–H and O–H groups in total. The second kappa shape index (κ2) is 6.04. The molecule has 0 aliphatic rings. The molecule has 0 fully saturated rings. The third kappa shape index (κ3) is 3.18. The van der Waals surface area contributed by atoms with Crippen LogP contribution in [0.25, 0.3) is 0 Å². The van der Waals surface area contributed by atoms with E-state index in [0.717, 1.165) is 18.9 Å². The lowest BCUT2D eigenvalue weighted by molar-refractivity contribution is 0.0706. The molecule has 1 heterocycles. The Bertz CT molecular complexity index is 339. The summed E-state index contributed by atoms with van der Waals surface area (Å²) in [5, 5.41) is 11.5. The summed E-state index contributed by atoms with van der Waals surface area (Å²) in [4.78, 5) is 17.1. The number of rotatable bonds is 5. The number of aromatic nitrogens is 1. The highest BCUT2D eigenvalue weighted by atomic mass is 16.5. The van der Waals surface area contributed by atoms with Crippen LogP contribution in [0.3, 0.4) is 0 Å². The van der Waals surface area contributed by atoms with E-state index in [1.54, 1.807) is 17.6 Å². The molecule has 6 nitrogen and oxygen atoms in total. The zero-order chi connectivity index (χ0) is 12.0. The van der Waals surface area contributed by atoms with Gasteiger partial charge in [0.25, 0.3) is 5.91 Å². The van der Waals surface area contributed by atoms with Crippen molar-refractivity contribution in [2.75, 3.05) is 32.1 Å². The summed E-state index contributed by atoms with van der Waals surface area (Å²) in [5.74, 6) is 0.224. The first kappa shape index (κ1) is 12.4. The van der Waals surface area contributed by atoms with E-state index in [2.05, 4.69) is 10.3 Å². The molecule has 1 amide bonds. The Hall–Kier alpha value is -1.66. The van der Waals surface area contributed by atoms with Gasteiger partial charge in [-0.05, 0) is 19.2 Å². The van der Waals surface area contributed by atoms with Crippen LogP contribution in [-0.4, -0.2) is 43.3 Å². The van der Waals surface area contributed by atoms with Crippen LogP contribution in [0.1, 0.15) is 10.4 Å². The van der Waals surface area contributed by atoms with Crippen LogP contribution in [0.2, 0.25) is 0 Å². The Morgan fingerprint density at radius 2 is 2.31 bits per heavy atom. The fraction of sp³-hybridized carbons (Fsp3) is 0.400. The molecule has 0 aliphatic heterocycles. The molecule has 1 rings (SSSR count). The van der Waals surface area contributed by atoms with Crippen molar-refractivity contribution in [2.24, 2.45) is 0 Å². The van der Waals surface area contributed by atoms with Crippen molar-refractivity contribution in [1.29, 1.82) is 0 Å². The van der Waals surface area contributed by atoms with E-state index < -0.39 is 5.91 Å². The van der Waals surface area contributed by atoms with Gasteiger partial charge < -0.3 is 10.2 Å². The lowest BCUT2D eigenvalue weighted by Gasteiger charge is -2.17. The average Bonchev–Trinajstić information content (AvgIpc) is 2.35. The van der Waals surface area contributed by atoms with Gasteiger partial charge in [0.2, 0.25) is 0 Å². The second-order valence-corrected chi connectivity index (χ2v) is 3.37. The number of nitrogens with one attached hydrogen (secondary N) is 2. The molecule has 6 heteroatoms. The van der Waals surface area contributed by atoms with Crippen LogP contribution < -0.4 is 15.7 Å². The smallest absolute Gasteiger partial charge is 0.276 e. The Labute approximate surface area is 94.2 Å².